The lowest BCUT2D eigenvalue weighted by atomic mass is 10.1. The van der Waals surface area contributed by atoms with Crippen LogP contribution in [0.15, 0.2) is 42.6 Å². The third-order valence-electron chi connectivity index (χ3n) is 5.33. The summed E-state index contributed by atoms with van der Waals surface area (Å²) >= 11 is 0. The highest BCUT2D eigenvalue weighted by molar-refractivity contribution is 5.95. The molecular formula is C21H23FN6O3. The number of benzene rings is 2. The summed E-state index contributed by atoms with van der Waals surface area (Å²) in [5.41, 5.74) is 3.84. The van der Waals surface area contributed by atoms with Crippen LogP contribution in [0.2, 0.25) is 0 Å². The molecule has 1 aliphatic heterocycles. The smallest absolute Gasteiger partial charge is 0.324 e. The number of ether oxygens (including phenoxy) is 1. The van der Waals surface area contributed by atoms with E-state index in [0.29, 0.717) is 32.0 Å². The predicted octanol–water partition coefficient (Wildman–Crippen LogP) is 1.77. The zero-order chi connectivity index (χ0) is 22.0. The molecule has 3 aromatic rings. The van der Waals surface area contributed by atoms with Gasteiger partial charge in [0.2, 0.25) is 0 Å². The number of hydrogen-bond acceptors (Lipinski definition) is 5. The van der Waals surface area contributed by atoms with Gasteiger partial charge in [0.15, 0.2) is 0 Å². The van der Waals surface area contributed by atoms with Gasteiger partial charge >= 0.3 is 6.03 Å². The minimum Gasteiger partial charge on any atom is -0.378 e. The van der Waals surface area contributed by atoms with Crippen molar-refractivity contribution < 1.29 is 18.7 Å². The van der Waals surface area contributed by atoms with Crippen molar-refractivity contribution in [3.8, 4) is 0 Å². The Labute approximate surface area is 178 Å². The molecule has 2 heterocycles. The van der Waals surface area contributed by atoms with Gasteiger partial charge < -0.3 is 9.64 Å². The highest BCUT2D eigenvalue weighted by Gasteiger charge is 2.26. The first-order chi connectivity index (χ1) is 15.0. The number of anilines is 1. The van der Waals surface area contributed by atoms with Crippen molar-refractivity contribution in [2.45, 2.75) is 6.54 Å². The van der Waals surface area contributed by atoms with Gasteiger partial charge in [-0.2, -0.15) is 5.10 Å². The zero-order valence-corrected chi connectivity index (χ0v) is 17.0. The molecule has 0 saturated carbocycles. The first-order valence-electron chi connectivity index (χ1n) is 9.83. The zero-order valence-electron chi connectivity index (χ0n) is 17.0. The Bertz CT molecular complexity index is 1130. The molecule has 4 rings (SSSR count). The summed E-state index contributed by atoms with van der Waals surface area (Å²) in [6.45, 7) is 1.83. The van der Waals surface area contributed by atoms with Crippen LogP contribution in [-0.4, -0.2) is 52.9 Å². The second-order valence-electron chi connectivity index (χ2n) is 7.26. The summed E-state index contributed by atoms with van der Waals surface area (Å²) in [4.78, 5) is 28.3. The van der Waals surface area contributed by atoms with Gasteiger partial charge in [-0.05, 0) is 30.3 Å². The molecule has 3 N–H and O–H groups in total. The SMILES string of the molecule is Cn1ncc2ccc(N(Cc3ccc(C(=O)NN)cc3F)C(=O)N3CCOCC3)cc21. The van der Waals surface area contributed by atoms with Gasteiger partial charge in [-0.3, -0.25) is 19.8 Å². The van der Waals surface area contributed by atoms with E-state index in [4.69, 9.17) is 10.6 Å². The van der Waals surface area contributed by atoms with Crippen LogP contribution in [0.4, 0.5) is 14.9 Å². The maximum Gasteiger partial charge on any atom is 0.324 e. The first kappa shape index (κ1) is 20.8. The van der Waals surface area contributed by atoms with Crippen molar-refractivity contribution >= 4 is 28.5 Å². The summed E-state index contributed by atoms with van der Waals surface area (Å²) < 4.78 is 21.9. The van der Waals surface area contributed by atoms with Crippen LogP contribution in [0.25, 0.3) is 10.9 Å². The van der Waals surface area contributed by atoms with E-state index in [1.54, 1.807) is 15.8 Å². The number of nitrogens with two attached hydrogens (primary N) is 1. The molecule has 2 aromatic carbocycles. The molecule has 1 aromatic heterocycles. The van der Waals surface area contributed by atoms with E-state index in [2.05, 4.69) is 5.10 Å². The summed E-state index contributed by atoms with van der Waals surface area (Å²) in [7, 11) is 1.82. The molecule has 3 amide bonds. The Morgan fingerprint density at radius 3 is 2.71 bits per heavy atom. The molecule has 1 saturated heterocycles. The fraction of sp³-hybridized carbons (Fsp3) is 0.286. The quantitative estimate of drug-likeness (QED) is 0.376. The molecule has 10 heteroatoms. The van der Waals surface area contributed by atoms with Crippen molar-refractivity contribution in [1.29, 1.82) is 0 Å². The average molecular weight is 426 g/mol. The number of nitrogens with zero attached hydrogens (tertiary/aromatic N) is 4. The predicted molar refractivity (Wildman–Crippen MR) is 113 cm³/mol. The lowest BCUT2D eigenvalue weighted by Gasteiger charge is -2.33. The van der Waals surface area contributed by atoms with Crippen LogP contribution in [0.3, 0.4) is 0 Å². The Balaban J connectivity index is 1.70. The van der Waals surface area contributed by atoms with Crippen LogP contribution < -0.4 is 16.2 Å². The van der Waals surface area contributed by atoms with Gasteiger partial charge in [0.25, 0.3) is 5.91 Å². The number of hydrazine groups is 1. The number of nitrogens with one attached hydrogen (secondary N) is 1. The number of hydrogen-bond donors (Lipinski definition) is 2. The van der Waals surface area contributed by atoms with Gasteiger partial charge in [0.1, 0.15) is 5.82 Å². The fourth-order valence-corrected chi connectivity index (χ4v) is 3.57. The number of aromatic nitrogens is 2. The largest absolute Gasteiger partial charge is 0.378 e. The van der Waals surface area contributed by atoms with Crippen molar-refractivity contribution in [1.82, 2.24) is 20.1 Å². The van der Waals surface area contributed by atoms with Crippen LogP contribution >= 0.6 is 0 Å². The maximum absolute atomic E-state index is 14.8. The molecule has 9 nitrogen and oxygen atoms in total. The Morgan fingerprint density at radius 2 is 2.00 bits per heavy atom. The van der Waals surface area contributed by atoms with Gasteiger partial charge in [-0.15, -0.1) is 0 Å². The number of nitrogen functional groups attached to an aromatic ring is 1. The second-order valence-corrected chi connectivity index (χ2v) is 7.26. The van der Waals surface area contributed by atoms with E-state index in [1.807, 2.05) is 30.7 Å². The summed E-state index contributed by atoms with van der Waals surface area (Å²) in [6, 6.07) is 9.38. The molecular weight excluding hydrogens is 403 g/mol. The number of amides is 3. The standard InChI is InChI=1S/C21H23FN6O3/c1-26-19-11-17(5-4-15(19)12-24-26)28(21(30)27-6-8-31-9-7-27)13-16-3-2-14(10-18(16)22)20(29)25-23/h2-5,10-12H,6-9,13,23H2,1H3,(H,25,29). The van der Waals surface area contributed by atoms with Crippen LogP contribution in [0.1, 0.15) is 15.9 Å². The van der Waals surface area contributed by atoms with Crippen molar-refractivity contribution in [2.75, 3.05) is 31.2 Å². The van der Waals surface area contributed by atoms with E-state index in [9.17, 15) is 14.0 Å². The molecule has 1 aliphatic rings. The first-order valence-corrected chi connectivity index (χ1v) is 9.83. The molecule has 0 unspecified atom stereocenters. The minimum absolute atomic E-state index is 0.00406. The number of carbonyl (C=O) groups excluding carboxylic acids is 2. The maximum atomic E-state index is 14.8. The molecule has 1 fully saturated rings. The molecule has 162 valence electrons. The number of rotatable bonds is 4. The lowest BCUT2D eigenvalue weighted by molar-refractivity contribution is 0.0548. The van der Waals surface area contributed by atoms with Gasteiger partial charge in [0, 0.05) is 42.3 Å². The number of fused-ring (bicyclic) bond motifs is 1. The van der Waals surface area contributed by atoms with Gasteiger partial charge in [-0.25, -0.2) is 15.0 Å². The lowest BCUT2D eigenvalue weighted by Crippen LogP contribution is -2.48. The average Bonchev–Trinajstić information content (AvgIpc) is 3.18. The molecule has 0 bridgehead atoms. The second kappa shape index (κ2) is 8.70. The molecule has 0 radical (unpaired) electrons. The van der Waals surface area contributed by atoms with E-state index in [1.165, 1.54) is 17.0 Å². The summed E-state index contributed by atoms with van der Waals surface area (Å²) in [5.74, 6) is 3.94. The molecule has 0 spiro atoms. The van der Waals surface area contributed by atoms with Crippen LogP contribution in [-0.2, 0) is 18.3 Å². The van der Waals surface area contributed by atoms with Crippen LogP contribution in [0.5, 0.6) is 0 Å². The van der Waals surface area contributed by atoms with E-state index in [-0.39, 0.29) is 23.7 Å². The Hall–Kier alpha value is -3.50. The summed E-state index contributed by atoms with van der Waals surface area (Å²) in [6.07, 6.45) is 1.74. The number of carbonyl (C=O) groups is 2. The normalized spacial score (nSPS) is 14.0. The van der Waals surface area contributed by atoms with Crippen LogP contribution in [0, 0.1) is 5.82 Å². The van der Waals surface area contributed by atoms with Gasteiger partial charge in [0.05, 0.1) is 31.5 Å². The minimum atomic E-state index is -0.595. The topological polar surface area (TPSA) is 106 Å². The van der Waals surface area contributed by atoms with Crippen molar-refractivity contribution in [3.05, 3.63) is 59.5 Å². The Kier molecular flexibility index (Phi) is 5.83. The third kappa shape index (κ3) is 4.21. The number of urea groups is 1. The van der Waals surface area contributed by atoms with E-state index < -0.39 is 11.7 Å². The van der Waals surface area contributed by atoms with E-state index >= 15 is 0 Å². The Morgan fingerprint density at radius 1 is 1.23 bits per heavy atom. The third-order valence-corrected chi connectivity index (χ3v) is 5.33. The summed E-state index contributed by atoms with van der Waals surface area (Å²) in [5, 5.41) is 5.18. The van der Waals surface area contributed by atoms with Gasteiger partial charge in [-0.1, -0.05) is 6.07 Å². The molecule has 31 heavy (non-hydrogen) atoms. The highest BCUT2D eigenvalue weighted by Crippen LogP contribution is 2.26. The number of aryl methyl sites for hydroxylation is 1. The number of morpholine rings is 1. The number of halogens is 1. The van der Waals surface area contributed by atoms with Crippen molar-refractivity contribution in [3.63, 3.8) is 0 Å². The molecule has 0 atom stereocenters. The van der Waals surface area contributed by atoms with Crippen molar-refractivity contribution in [2.24, 2.45) is 12.9 Å². The monoisotopic (exact) mass is 426 g/mol. The fourth-order valence-electron chi connectivity index (χ4n) is 3.57. The highest BCUT2D eigenvalue weighted by atomic mass is 19.1. The van der Waals surface area contributed by atoms with E-state index in [0.717, 1.165) is 17.0 Å². The molecule has 0 aliphatic carbocycles.